The molecule has 0 saturated heterocycles. The molecule has 1 aromatic carbocycles. The van der Waals surface area contributed by atoms with E-state index in [0.29, 0.717) is 12.8 Å². The fraction of sp³-hybridized carbons (Fsp3) is 0.462. The van der Waals surface area contributed by atoms with Gasteiger partial charge < -0.3 is 15.2 Å². The van der Waals surface area contributed by atoms with Crippen molar-refractivity contribution in [2.24, 2.45) is 0 Å². The molecule has 21 heavy (non-hydrogen) atoms. The molecular formula is C13H17FN2O5. The van der Waals surface area contributed by atoms with Crippen LogP contribution in [0, 0.1) is 15.9 Å². The second-order valence-electron chi connectivity index (χ2n) is 4.59. The quantitative estimate of drug-likeness (QED) is 0.565. The summed E-state index contributed by atoms with van der Waals surface area (Å²) in [6.07, 6.45) is 0.986. The number of methoxy groups -OCH3 is 1. The van der Waals surface area contributed by atoms with Gasteiger partial charge in [-0.2, -0.15) is 0 Å². The van der Waals surface area contributed by atoms with Gasteiger partial charge in [0.05, 0.1) is 18.1 Å². The summed E-state index contributed by atoms with van der Waals surface area (Å²) in [4.78, 5) is 20.7. The number of aliphatic carboxylic acids is 1. The SMILES string of the molecule is COc1cc(NC(C)CCCC(=O)O)c([N+](=O)[O-])cc1F. The maximum Gasteiger partial charge on any atom is 0.303 e. The first kappa shape index (κ1) is 16.7. The summed E-state index contributed by atoms with van der Waals surface area (Å²) >= 11 is 0. The van der Waals surface area contributed by atoms with Crippen LogP contribution < -0.4 is 10.1 Å². The van der Waals surface area contributed by atoms with E-state index < -0.39 is 22.4 Å². The molecule has 0 heterocycles. The highest BCUT2D eigenvalue weighted by atomic mass is 19.1. The van der Waals surface area contributed by atoms with Gasteiger partial charge in [0.2, 0.25) is 0 Å². The molecular weight excluding hydrogens is 283 g/mol. The van der Waals surface area contributed by atoms with Gasteiger partial charge in [0, 0.05) is 18.5 Å². The zero-order valence-corrected chi connectivity index (χ0v) is 11.8. The number of carbonyl (C=O) groups is 1. The normalized spacial score (nSPS) is 11.8. The van der Waals surface area contributed by atoms with Crippen LogP contribution >= 0.6 is 0 Å². The highest BCUT2D eigenvalue weighted by molar-refractivity contribution is 5.66. The molecule has 0 aliphatic rings. The van der Waals surface area contributed by atoms with Gasteiger partial charge in [-0.15, -0.1) is 0 Å². The maximum atomic E-state index is 13.5. The monoisotopic (exact) mass is 300 g/mol. The Kier molecular flexibility index (Phi) is 5.89. The molecule has 0 aliphatic carbocycles. The number of nitrogens with one attached hydrogen (secondary N) is 1. The minimum atomic E-state index is -0.892. The lowest BCUT2D eigenvalue weighted by atomic mass is 10.1. The van der Waals surface area contributed by atoms with Crippen molar-refractivity contribution in [3.63, 3.8) is 0 Å². The van der Waals surface area contributed by atoms with E-state index in [1.165, 1.54) is 13.2 Å². The van der Waals surface area contributed by atoms with Gasteiger partial charge in [-0.25, -0.2) is 4.39 Å². The molecule has 7 nitrogen and oxygen atoms in total. The van der Waals surface area contributed by atoms with Crippen LogP contribution in [0.15, 0.2) is 12.1 Å². The van der Waals surface area contributed by atoms with Gasteiger partial charge >= 0.3 is 5.97 Å². The van der Waals surface area contributed by atoms with E-state index in [0.717, 1.165) is 6.07 Å². The molecule has 0 aliphatic heterocycles. The van der Waals surface area contributed by atoms with E-state index in [9.17, 15) is 19.3 Å². The molecule has 1 aromatic rings. The van der Waals surface area contributed by atoms with Gasteiger partial charge in [0.15, 0.2) is 11.6 Å². The number of ether oxygens (including phenoxy) is 1. The number of hydrogen-bond donors (Lipinski definition) is 2. The van der Waals surface area contributed by atoms with Crippen LogP contribution in [0.3, 0.4) is 0 Å². The Morgan fingerprint density at radius 2 is 2.24 bits per heavy atom. The lowest BCUT2D eigenvalue weighted by molar-refractivity contribution is -0.384. The van der Waals surface area contributed by atoms with Crippen molar-refractivity contribution in [2.75, 3.05) is 12.4 Å². The second kappa shape index (κ2) is 7.41. The van der Waals surface area contributed by atoms with Crippen LogP contribution in [0.2, 0.25) is 0 Å². The summed E-state index contributed by atoms with van der Waals surface area (Å²) in [5.41, 5.74) is -0.251. The predicted octanol–water partition coefficient (Wildman–Crippen LogP) is 2.80. The third kappa shape index (κ3) is 4.90. The molecule has 116 valence electrons. The molecule has 0 fully saturated rings. The standard InChI is InChI=1S/C13H17FN2O5/c1-8(4-3-5-13(17)18)15-10-7-12(21-2)9(14)6-11(10)16(19)20/h6-8,15H,3-5H2,1-2H3,(H,17,18). The number of halogens is 1. The molecule has 0 spiro atoms. The molecule has 1 rings (SSSR count). The van der Waals surface area contributed by atoms with Crippen LogP contribution in [-0.2, 0) is 4.79 Å². The Morgan fingerprint density at radius 3 is 2.76 bits per heavy atom. The van der Waals surface area contributed by atoms with Crippen molar-refractivity contribution in [3.05, 3.63) is 28.1 Å². The Labute approximate surface area is 120 Å². The Bertz CT molecular complexity index is 536. The summed E-state index contributed by atoms with van der Waals surface area (Å²) in [5.74, 6) is -1.80. The highest BCUT2D eigenvalue weighted by Gasteiger charge is 2.20. The van der Waals surface area contributed by atoms with Crippen molar-refractivity contribution >= 4 is 17.3 Å². The molecule has 0 radical (unpaired) electrons. The lowest BCUT2D eigenvalue weighted by Gasteiger charge is -2.15. The van der Waals surface area contributed by atoms with Crippen LogP contribution in [-0.4, -0.2) is 29.2 Å². The summed E-state index contributed by atoms with van der Waals surface area (Å²) in [6.45, 7) is 1.77. The molecule has 2 N–H and O–H groups in total. The third-order valence-corrected chi connectivity index (χ3v) is 2.90. The molecule has 0 saturated carbocycles. The molecule has 0 bridgehead atoms. The number of carboxylic acids is 1. The summed E-state index contributed by atoms with van der Waals surface area (Å²) < 4.78 is 18.3. The summed E-state index contributed by atoms with van der Waals surface area (Å²) in [5, 5.41) is 22.4. The zero-order chi connectivity index (χ0) is 16.0. The van der Waals surface area contributed by atoms with Crippen LogP contribution in [0.1, 0.15) is 26.2 Å². The number of anilines is 1. The van der Waals surface area contributed by atoms with Crippen LogP contribution in [0.4, 0.5) is 15.8 Å². The van der Waals surface area contributed by atoms with E-state index in [1.54, 1.807) is 6.92 Å². The summed E-state index contributed by atoms with van der Waals surface area (Å²) in [7, 11) is 1.27. The molecule has 8 heteroatoms. The number of benzene rings is 1. The first-order valence-electron chi connectivity index (χ1n) is 6.35. The van der Waals surface area contributed by atoms with Crippen LogP contribution in [0.25, 0.3) is 0 Å². The average molecular weight is 300 g/mol. The van der Waals surface area contributed by atoms with Crippen LogP contribution in [0.5, 0.6) is 5.75 Å². The molecule has 1 atom stereocenters. The number of carboxylic acid groups (broad SMARTS) is 1. The van der Waals surface area contributed by atoms with Crippen molar-refractivity contribution in [1.82, 2.24) is 0 Å². The first-order chi connectivity index (χ1) is 9.85. The fourth-order valence-electron chi connectivity index (χ4n) is 1.86. The van der Waals surface area contributed by atoms with Crippen molar-refractivity contribution in [3.8, 4) is 5.75 Å². The molecule has 0 amide bonds. The predicted molar refractivity (Wildman–Crippen MR) is 74.2 cm³/mol. The Balaban J connectivity index is 2.85. The minimum absolute atomic E-state index is 0.0286. The van der Waals surface area contributed by atoms with Gasteiger partial charge in [-0.3, -0.25) is 14.9 Å². The van der Waals surface area contributed by atoms with E-state index in [-0.39, 0.29) is 23.9 Å². The maximum absolute atomic E-state index is 13.5. The number of hydrogen-bond acceptors (Lipinski definition) is 5. The van der Waals surface area contributed by atoms with E-state index >= 15 is 0 Å². The Morgan fingerprint density at radius 1 is 1.57 bits per heavy atom. The number of rotatable bonds is 8. The minimum Gasteiger partial charge on any atom is -0.494 e. The van der Waals surface area contributed by atoms with Gasteiger partial charge in [0.1, 0.15) is 5.69 Å². The van der Waals surface area contributed by atoms with Crippen molar-refractivity contribution in [2.45, 2.75) is 32.2 Å². The van der Waals surface area contributed by atoms with Crippen molar-refractivity contribution < 1.29 is 24.0 Å². The average Bonchev–Trinajstić information content (AvgIpc) is 2.39. The lowest BCUT2D eigenvalue weighted by Crippen LogP contribution is -2.16. The summed E-state index contributed by atoms with van der Waals surface area (Å²) in [6, 6.07) is 1.82. The molecule has 0 aromatic heterocycles. The van der Waals surface area contributed by atoms with Gasteiger partial charge in [-0.1, -0.05) is 0 Å². The Hall–Kier alpha value is -2.38. The topological polar surface area (TPSA) is 102 Å². The number of nitro groups is 1. The van der Waals surface area contributed by atoms with E-state index in [1.807, 2.05) is 0 Å². The van der Waals surface area contributed by atoms with Crippen molar-refractivity contribution in [1.29, 1.82) is 0 Å². The smallest absolute Gasteiger partial charge is 0.303 e. The number of nitro benzene ring substituents is 1. The first-order valence-corrected chi connectivity index (χ1v) is 6.35. The number of nitrogens with zero attached hydrogens (tertiary/aromatic N) is 1. The van der Waals surface area contributed by atoms with E-state index in [4.69, 9.17) is 9.84 Å². The van der Waals surface area contributed by atoms with E-state index in [2.05, 4.69) is 5.32 Å². The zero-order valence-electron chi connectivity index (χ0n) is 11.8. The van der Waals surface area contributed by atoms with Gasteiger partial charge in [0.25, 0.3) is 5.69 Å². The highest BCUT2D eigenvalue weighted by Crippen LogP contribution is 2.32. The fourth-order valence-corrected chi connectivity index (χ4v) is 1.86. The van der Waals surface area contributed by atoms with Gasteiger partial charge in [-0.05, 0) is 19.8 Å². The third-order valence-electron chi connectivity index (χ3n) is 2.90. The largest absolute Gasteiger partial charge is 0.494 e. The molecule has 1 unspecified atom stereocenters. The second-order valence-corrected chi connectivity index (χ2v) is 4.59.